The standard InChI is InChI=1S/C20H24Cl2F3NO2/c21-15-4-5-16(17(22)11-15)19(6-8-28-9-7-19)12-26-18(27)13-2-1-3-14(10-13)20(23,24)25/h4-5,11,13-14H,1-3,6-10,12H2,(H,26,27). The fraction of sp³-hybridized carbons (Fsp3) is 0.650. The maximum absolute atomic E-state index is 13.0. The monoisotopic (exact) mass is 437 g/mol. The van der Waals surface area contributed by atoms with E-state index in [1.54, 1.807) is 12.1 Å². The van der Waals surface area contributed by atoms with Crippen molar-refractivity contribution in [3.8, 4) is 0 Å². The van der Waals surface area contributed by atoms with Gasteiger partial charge in [-0.3, -0.25) is 4.79 Å². The second-order valence-electron chi connectivity index (χ2n) is 7.84. The normalized spacial score (nSPS) is 25.3. The van der Waals surface area contributed by atoms with E-state index in [1.807, 2.05) is 6.07 Å². The van der Waals surface area contributed by atoms with E-state index in [9.17, 15) is 18.0 Å². The number of hydrogen-bond acceptors (Lipinski definition) is 2. The Morgan fingerprint density at radius 2 is 1.93 bits per heavy atom. The van der Waals surface area contributed by atoms with Gasteiger partial charge < -0.3 is 10.1 Å². The highest BCUT2D eigenvalue weighted by molar-refractivity contribution is 6.35. The number of alkyl halides is 3. The van der Waals surface area contributed by atoms with Gasteiger partial charge in [0.1, 0.15) is 0 Å². The van der Waals surface area contributed by atoms with E-state index in [0.717, 1.165) is 5.56 Å². The smallest absolute Gasteiger partial charge is 0.381 e. The minimum atomic E-state index is -4.24. The summed E-state index contributed by atoms with van der Waals surface area (Å²) in [5.41, 5.74) is 0.479. The summed E-state index contributed by atoms with van der Waals surface area (Å²) in [7, 11) is 0. The second-order valence-corrected chi connectivity index (χ2v) is 8.68. The summed E-state index contributed by atoms with van der Waals surface area (Å²) in [5, 5.41) is 3.98. The Morgan fingerprint density at radius 3 is 2.57 bits per heavy atom. The number of benzene rings is 1. The summed E-state index contributed by atoms with van der Waals surface area (Å²) in [5.74, 6) is -2.29. The van der Waals surface area contributed by atoms with E-state index in [4.69, 9.17) is 27.9 Å². The van der Waals surface area contributed by atoms with Gasteiger partial charge in [-0.1, -0.05) is 35.7 Å². The first-order chi connectivity index (χ1) is 13.2. The number of hydrogen-bond donors (Lipinski definition) is 1. The van der Waals surface area contributed by atoms with E-state index in [0.29, 0.717) is 55.5 Å². The van der Waals surface area contributed by atoms with Crippen LogP contribution >= 0.6 is 23.2 Å². The summed E-state index contributed by atoms with van der Waals surface area (Å²) in [4.78, 5) is 12.7. The van der Waals surface area contributed by atoms with Crippen molar-refractivity contribution >= 4 is 29.1 Å². The fourth-order valence-electron chi connectivity index (χ4n) is 4.35. The Morgan fingerprint density at radius 1 is 1.21 bits per heavy atom. The quantitative estimate of drug-likeness (QED) is 0.672. The molecule has 1 saturated carbocycles. The van der Waals surface area contributed by atoms with Gasteiger partial charge in [0.05, 0.1) is 5.92 Å². The molecule has 1 saturated heterocycles. The van der Waals surface area contributed by atoms with Crippen LogP contribution in [0.5, 0.6) is 0 Å². The fourth-order valence-corrected chi connectivity index (χ4v) is 4.96. The van der Waals surface area contributed by atoms with Crippen molar-refractivity contribution in [2.75, 3.05) is 19.8 Å². The van der Waals surface area contributed by atoms with Crippen molar-refractivity contribution < 1.29 is 22.7 Å². The molecule has 2 fully saturated rings. The largest absolute Gasteiger partial charge is 0.391 e. The molecule has 1 aliphatic heterocycles. The van der Waals surface area contributed by atoms with Crippen molar-refractivity contribution in [1.82, 2.24) is 5.32 Å². The maximum atomic E-state index is 13.0. The summed E-state index contributed by atoms with van der Waals surface area (Å²) in [6.45, 7) is 1.40. The minimum Gasteiger partial charge on any atom is -0.381 e. The minimum absolute atomic E-state index is 0.106. The van der Waals surface area contributed by atoms with Crippen molar-refractivity contribution in [1.29, 1.82) is 0 Å². The molecule has 2 atom stereocenters. The zero-order chi connectivity index (χ0) is 20.4. The topological polar surface area (TPSA) is 38.3 Å². The molecule has 2 aliphatic rings. The molecule has 1 aromatic rings. The van der Waals surface area contributed by atoms with Gasteiger partial charge in [0.25, 0.3) is 0 Å². The predicted molar refractivity (Wildman–Crippen MR) is 103 cm³/mol. The Hall–Kier alpha value is -0.980. The van der Waals surface area contributed by atoms with Gasteiger partial charge in [-0.2, -0.15) is 13.2 Å². The lowest BCUT2D eigenvalue weighted by Crippen LogP contribution is -2.47. The molecular formula is C20H24Cl2F3NO2. The Kier molecular flexibility index (Phi) is 6.83. The zero-order valence-electron chi connectivity index (χ0n) is 15.5. The average molecular weight is 438 g/mol. The third-order valence-electron chi connectivity index (χ3n) is 6.06. The van der Waals surface area contributed by atoms with Crippen LogP contribution in [0.15, 0.2) is 18.2 Å². The summed E-state index contributed by atoms with van der Waals surface area (Å²) >= 11 is 12.4. The molecule has 0 bridgehead atoms. The SMILES string of the molecule is O=C(NCC1(c2ccc(Cl)cc2Cl)CCOCC1)C1CCCC(C(F)(F)F)C1. The van der Waals surface area contributed by atoms with Gasteiger partial charge in [-0.25, -0.2) is 0 Å². The van der Waals surface area contributed by atoms with Gasteiger partial charge in [0.2, 0.25) is 5.91 Å². The van der Waals surface area contributed by atoms with Crippen LogP contribution in [0, 0.1) is 11.8 Å². The van der Waals surface area contributed by atoms with Gasteiger partial charge in [-0.15, -0.1) is 0 Å². The van der Waals surface area contributed by atoms with Crippen LogP contribution in [0.3, 0.4) is 0 Å². The molecule has 1 aliphatic carbocycles. The third kappa shape index (κ3) is 4.95. The third-order valence-corrected chi connectivity index (χ3v) is 6.61. The summed E-state index contributed by atoms with van der Waals surface area (Å²) in [6, 6.07) is 5.30. The predicted octanol–water partition coefficient (Wildman–Crippen LogP) is 5.53. The van der Waals surface area contributed by atoms with Crippen molar-refractivity contribution in [2.45, 2.75) is 50.1 Å². The lowest BCUT2D eigenvalue weighted by atomic mass is 9.73. The molecule has 1 amide bonds. The van der Waals surface area contributed by atoms with Gasteiger partial charge in [0.15, 0.2) is 0 Å². The Balaban J connectivity index is 1.71. The van der Waals surface area contributed by atoms with Gasteiger partial charge in [0, 0.05) is 41.1 Å². The number of nitrogens with one attached hydrogen (secondary N) is 1. The van der Waals surface area contributed by atoms with Gasteiger partial charge >= 0.3 is 6.18 Å². The van der Waals surface area contributed by atoms with Crippen molar-refractivity contribution in [2.24, 2.45) is 11.8 Å². The number of rotatable bonds is 4. The molecule has 28 heavy (non-hydrogen) atoms. The van der Waals surface area contributed by atoms with Gasteiger partial charge in [-0.05, 0) is 49.8 Å². The molecule has 156 valence electrons. The zero-order valence-corrected chi connectivity index (χ0v) is 17.0. The van der Waals surface area contributed by atoms with Crippen LogP contribution in [0.2, 0.25) is 10.0 Å². The van der Waals surface area contributed by atoms with Crippen molar-refractivity contribution in [3.05, 3.63) is 33.8 Å². The van der Waals surface area contributed by atoms with E-state index in [-0.39, 0.29) is 18.7 Å². The Bertz CT molecular complexity index is 705. The first kappa shape index (κ1) is 21.7. The molecule has 8 heteroatoms. The molecule has 0 aromatic heterocycles. The highest BCUT2D eigenvalue weighted by atomic mass is 35.5. The van der Waals surface area contributed by atoms with Crippen LogP contribution in [-0.2, 0) is 14.9 Å². The molecule has 2 unspecified atom stereocenters. The maximum Gasteiger partial charge on any atom is 0.391 e. The van der Waals surface area contributed by atoms with E-state index >= 15 is 0 Å². The molecule has 1 aromatic carbocycles. The van der Waals surface area contributed by atoms with E-state index in [1.165, 1.54) is 0 Å². The molecule has 0 radical (unpaired) electrons. The molecule has 3 nitrogen and oxygen atoms in total. The average Bonchev–Trinajstić information content (AvgIpc) is 2.66. The highest BCUT2D eigenvalue weighted by Gasteiger charge is 2.44. The number of carbonyl (C=O) groups excluding carboxylic acids is 1. The van der Waals surface area contributed by atoms with Crippen LogP contribution < -0.4 is 5.32 Å². The highest BCUT2D eigenvalue weighted by Crippen LogP contribution is 2.41. The van der Waals surface area contributed by atoms with Crippen LogP contribution in [0.25, 0.3) is 0 Å². The van der Waals surface area contributed by atoms with Crippen molar-refractivity contribution in [3.63, 3.8) is 0 Å². The van der Waals surface area contributed by atoms with E-state index in [2.05, 4.69) is 5.32 Å². The lowest BCUT2D eigenvalue weighted by Gasteiger charge is -2.39. The van der Waals surface area contributed by atoms with Crippen LogP contribution in [-0.4, -0.2) is 31.8 Å². The first-order valence-corrected chi connectivity index (χ1v) is 10.3. The van der Waals surface area contributed by atoms with E-state index < -0.39 is 23.4 Å². The van der Waals surface area contributed by atoms with Crippen LogP contribution in [0.1, 0.15) is 44.1 Å². The number of amides is 1. The number of ether oxygens (including phenoxy) is 1. The second kappa shape index (κ2) is 8.80. The molecule has 0 spiro atoms. The summed E-state index contributed by atoms with van der Waals surface area (Å²) < 4.78 is 44.6. The Labute approximate surface area is 172 Å². The molecular weight excluding hydrogens is 414 g/mol. The summed E-state index contributed by atoms with van der Waals surface area (Å²) in [6.07, 6.45) is -2.00. The number of halogens is 5. The molecule has 1 N–H and O–H groups in total. The molecule has 1 heterocycles. The van der Waals surface area contributed by atoms with Crippen LogP contribution in [0.4, 0.5) is 13.2 Å². The number of carbonyl (C=O) groups is 1. The lowest BCUT2D eigenvalue weighted by molar-refractivity contribution is -0.186. The first-order valence-electron chi connectivity index (χ1n) is 9.59. The molecule has 3 rings (SSSR count).